The quantitative estimate of drug-likeness (QED) is 0.174. The minimum Gasteiger partial charge on any atom is -0.483 e. The number of rotatable bonds is 8. The van der Waals surface area contributed by atoms with E-state index in [1.54, 1.807) is 30.3 Å². The highest BCUT2D eigenvalue weighted by Gasteiger charge is 2.13. The number of hydrogen-bond donors (Lipinski definition) is 1. The van der Waals surface area contributed by atoms with E-state index >= 15 is 0 Å². The van der Waals surface area contributed by atoms with Crippen molar-refractivity contribution in [2.24, 2.45) is 5.10 Å². The van der Waals surface area contributed by atoms with Crippen molar-refractivity contribution >= 4 is 41.3 Å². The number of amides is 1. The molecule has 0 heterocycles. The molecule has 0 bridgehead atoms. The molecule has 3 aromatic carbocycles. The number of carbonyl (C=O) groups is 2. The van der Waals surface area contributed by atoms with Gasteiger partial charge in [0.1, 0.15) is 11.5 Å². The maximum atomic E-state index is 12.4. The van der Waals surface area contributed by atoms with Crippen LogP contribution in [0.2, 0.25) is 10.0 Å². The summed E-state index contributed by atoms with van der Waals surface area (Å²) in [6.07, 6.45) is 1.44. The molecule has 0 saturated carbocycles. The molecule has 34 heavy (non-hydrogen) atoms. The van der Waals surface area contributed by atoms with E-state index in [9.17, 15) is 9.59 Å². The summed E-state index contributed by atoms with van der Waals surface area (Å²) < 4.78 is 11.0. The number of hydrazone groups is 1. The minimum atomic E-state index is -0.613. The maximum absolute atomic E-state index is 12.4. The first-order valence-corrected chi connectivity index (χ1v) is 11.3. The summed E-state index contributed by atoms with van der Waals surface area (Å²) in [6, 6.07) is 17.2. The molecule has 0 radical (unpaired) electrons. The predicted molar refractivity (Wildman–Crippen MR) is 134 cm³/mol. The molecule has 0 spiro atoms. The lowest BCUT2D eigenvalue weighted by Gasteiger charge is -2.12. The first kappa shape index (κ1) is 25.3. The molecule has 0 unspecified atom stereocenters. The Morgan fingerprint density at radius 3 is 2.59 bits per heavy atom. The van der Waals surface area contributed by atoms with Gasteiger partial charge in [0.05, 0.1) is 16.8 Å². The molecular weight excluding hydrogens is 475 g/mol. The Hall–Kier alpha value is -3.35. The van der Waals surface area contributed by atoms with Crippen LogP contribution in [0.1, 0.15) is 46.8 Å². The van der Waals surface area contributed by atoms with Crippen LogP contribution in [0, 0.1) is 6.92 Å². The van der Waals surface area contributed by atoms with Crippen LogP contribution < -0.4 is 14.9 Å². The summed E-state index contributed by atoms with van der Waals surface area (Å²) in [5.41, 5.74) is 5.33. The summed E-state index contributed by atoms with van der Waals surface area (Å²) >= 11 is 11.9. The Morgan fingerprint density at radius 2 is 1.85 bits per heavy atom. The largest absolute Gasteiger partial charge is 0.483 e. The monoisotopic (exact) mass is 498 g/mol. The Labute approximate surface area is 208 Å². The van der Waals surface area contributed by atoms with Gasteiger partial charge in [0.2, 0.25) is 0 Å². The highest BCUT2D eigenvalue weighted by Crippen LogP contribution is 2.25. The predicted octanol–water partition coefficient (Wildman–Crippen LogP) is 6.17. The van der Waals surface area contributed by atoms with Gasteiger partial charge in [-0.05, 0) is 65.9 Å². The van der Waals surface area contributed by atoms with Crippen LogP contribution in [-0.4, -0.2) is 24.7 Å². The zero-order valence-electron chi connectivity index (χ0n) is 19.0. The average molecular weight is 499 g/mol. The molecule has 0 aromatic heterocycles. The van der Waals surface area contributed by atoms with Gasteiger partial charge in [0.25, 0.3) is 5.91 Å². The number of halogens is 2. The van der Waals surface area contributed by atoms with Gasteiger partial charge in [0.15, 0.2) is 6.61 Å². The fourth-order valence-electron chi connectivity index (χ4n) is 2.96. The van der Waals surface area contributed by atoms with Crippen molar-refractivity contribution < 1.29 is 19.1 Å². The SMILES string of the molecule is Cc1ccc(C(C)C)cc1OCC(=O)N/N=C/c1cccc(OC(=O)c2ccc(Cl)cc2Cl)c1. The van der Waals surface area contributed by atoms with Crippen molar-refractivity contribution in [2.45, 2.75) is 26.7 Å². The zero-order valence-corrected chi connectivity index (χ0v) is 20.5. The van der Waals surface area contributed by atoms with E-state index in [0.29, 0.717) is 28.0 Å². The molecule has 1 amide bonds. The summed E-state index contributed by atoms with van der Waals surface area (Å²) in [5.74, 6) is 0.318. The van der Waals surface area contributed by atoms with Crippen LogP contribution in [0.15, 0.2) is 65.8 Å². The van der Waals surface area contributed by atoms with E-state index in [1.807, 2.05) is 25.1 Å². The Bertz CT molecular complexity index is 1230. The van der Waals surface area contributed by atoms with Gasteiger partial charge in [-0.15, -0.1) is 0 Å². The third-order valence-electron chi connectivity index (χ3n) is 4.86. The second kappa shape index (κ2) is 11.7. The number of carbonyl (C=O) groups excluding carboxylic acids is 2. The van der Waals surface area contributed by atoms with Crippen molar-refractivity contribution in [3.8, 4) is 11.5 Å². The van der Waals surface area contributed by atoms with E-state index in [4.69, 9.17) is 32.7 Å². The molecule has 0 atom stereocenters. The van der Waals surface area contributed by atoms with Gasteiger partial charge in [-0.25, -0.2) is 10.2 Å². The summed E-state index contributed by atoms with van der Waals surface area (Å²) in [5, 5.41) is 4.57. The third-order valence-corrected chi connectivity index (χ3v) is 5.41. The van der Waals surface area contributed by atoms with Crippen molar-refractivity contribution in [1.82, 2.24) is 5.43 Å². The summed E-state index contributed by atoms with van der Waals surface area (Å²) in [7, 11) is 0. The highest BCUT2D eigenvalue weighted by molar-refractivity contribution is 6.36. The number of nitrogens with zero attached hydrogens (tertiary/aromatic N) is 1. The number of hydrogen-bond acceptors (Lipinski definition) is 5. The molecule has 0 aliphatic rings. The van der Waals surface area contributed by atoms with E-state index in [0.717, 1.165) is 11.1 Å². The molecule has 0 fully saturated rings. The number of ether oxygens (including phenoxy) is 2. The van der Waals surface area contributed by atoms with Gasteiger partial charge in [0, 0.05) is 5.02 Å². The normalized spacial score (nSPS) is 11.0. The number of benzene rings is 3. The summed E-state index contributed by atoms with van der Waals surface area (Å²) in [6.45, 7) is 5.95. The van der Waals surface area contributed by atoms with Crippen molar-refractivity contribution in [1.29, 1.82) is 0 Å². The molecular formula is C26H24Cl2N2O4. The van der Waals surface area contributed by atoms with Gasteiger partial charge in [-0.3, -0.25) is 4.79 Å². The lowest BCUT2D eigenvalue weighted by Crippen LogP contribution is -2.24. The molecule has 3 aromatic rings. The minimum absolute atomic E-state index is 0.167. The zero-order chi connectivity index (χ0) is 24.7. The number of aryl methyl sites for hydroxylation is 1. The van der Waals surface area contributed by atoms with E-state index in [2.05, 4.69) is 24.4 Å². The number of esters is 1. The molecule has 6 nitrogen and oxygen atoms in total. The van der Waals surface area contributed by atoms with E-state index in [-0.39, 0.29) is 17.2 Å². The summed E-state index contributed by atoms with van der Waals surface area (Å²) in [4.78, 5) is 24.5. The van der Waals surface area contributed by atoms with Crippen LogP contribution in [-0.2, 0) is 4.79 Å². The maximum Gasteiger partial charge on any atom is 0.345 e. The van der Waals surface area contributed by atoms with Crippen LogP contribution in [0.4, 0.5) is 0 Å². The lowest BCUT2D eigenvalue weighted by molar-refractivity contribution is -0.123. The topological polar surface area (TPSA) is 77.0 Å². The first-order valence-electron chi connectivity index (χ1n) is 10.6. The highest BCUT2D eigenvalue weighted by atomic mass is 35.5. The Balaban J connectivity index is 1.55. The molecule has 0 saturated heterocycles. The van der Waals surface area contributed by atoms with E-state index < -0.39 is 11.9 Å². The molecule has 8 heteroatoms. The van der Waals surface area contributed by atoms with Gasteiger partial charge in [-0.2, -0.15) is 5.10 Å². The smallest absolute Gasteiger partial charge is 0.345 e. The van der Waals surface area contributed by atoms with Crippen LogP contribution in [0.25, 0.3) is 0 Å². The van der Waals surface area contributed by atoms with Crippen molar-refractivity contribution in [2.75, 3.05) is 6.61 Å². The third kappa shape index (κ3) is 7.07. The lowest BCUT2D eigenvalue weighted by atomic mass is 10.0. The van der Waals surface area contributed by atoms with Gasteiger partial charge in [-0.1, -0.05) is 61.3 Å². The fraction of sp³-hybridized carbons (Fsp3) is 0.192. The Kier molecular flexibility index (Phi) is 8.68. The van der Waals surface area contributed by atoms with Crippen LogP contribution in [0.5, 0.6) is 11.5 Å². The second-order valence-electron chi connectivity index (χ2n) is 7.85. The van der Waals surface area contributed by atoms with Crippen LogP contribution in [0.3, 0.4) is 0 Å². The molecule has 3 rings (SSSR count). The average Bonchev–Trinajstić information content (AvgIpc) is 2.78. The molecule has 176 valence electrons. The fourth-order valence-corrected chi connectivity index (χ4v) is 3.45. The van der Waals surface area contributed by atoms with E-state index in [1.165, 1.54) is 18.3 Å². The molecule has 0 aliphatic carbocycles. The number of nitrogens with one attached hydrogen (secondary N) is 1. The van der Waals surface area contributed by atoms with Crippen LogP contribution >= 0.6 is 23.2 Å². The molecule has 0 aliphatic heterocycles. The van der Waals surface area contributed by atoms with Gasteiger partial charge < -0.3 is 9.47 Å². The molecule has 1 N–H and O–H groups in total. The second-order valence-corrected chi connectivity index (χ2v) is 8.69. The Morgan fingerprint density at radius 1 is 1.06 bits per heavy atom. The first-order chi connectivity index (χ1) is 16.2. The van der Waals surface area contributed by atoms with Gasteiger partial charge >= 0.3 is 5.97 Å². The van der Waals surface area contributed by atoms with Crippen molar-refractivity contribution in [3.63, 3.8) is 0 Å². The van der Waals surface area contributed by atoms with Crippen molar-refractivity contribution in [3.05, 3.63) is 93.0 Å². The standard InChI is InChI=1S/C26H24Cl2N2O4/c1-16(2)19-8-7-17(3)24(12-19)33-15-25(31)30-29-14-18-5-4-6-21(11-18)34-26(32)22-10-9-20(27)13-23(22)28/h4-14,16H,15H2,1-3H3,(H,30,31)/b29-14+.